The second kappa shape index (κ2) is 7.08. The molecule has 7 heteroatoms. The molecule has 0 bridgehead atoms. The zero-order valence-electron chi connectivity index (χ0n) is 11.6. The average Bonchev–Trinajstić information content (AvgIpc) is 2.84. The van der Waals surface area contributed by atoms with Crippen LogP contribution >= 0.6 is 11.6 Å². The molecule has 0 saturated heterocycles. The number of amides is 1. The molecule has 0 aliphatic heterocycles. The highest BCUT2D eigenvalue weighted by atomic mass is 35.5. The second-order valence-corrected chi connectivity index (χ2v) is 5.34. The molecule has 0 radical (unpaired) electrons. The van der Waals surface area contributed by atoms with E-state index in [-0.39, 0.29) is 17.5 Å². The van der Waals surface area contributed by atoms with Crippen molar-refractivity contribution in [1.29, 1.82) is 0 Å². The van der Waals surface area contributed by atoms with E-state index in [4.69, 9.17) is 11.6 Å². The largest absolute Gasteiger partial charge is 0.355 e. The van der Waals surface area contributed by atoms with Crippen LogP contribution in [-0.2, 0) is 17.6 Å². The van der Waals surface area contributed by atoms with Crippen LogP contribution in [0.25, 0.3) is 0 Å². The molecule has 0 aliphatic rings. The first-order chi connectivity index (χ1) is 10.0. The van der Waals surface area contributed by atoms with E-state index in [0.717, 1.165) is 5.56 Å². The summed E-state index contributed by atoms with van der Waals surface area (Å²) in [6.45, 7) is 2.30. The lowest BCUT2D eigenvalue weighted by Gasteiger charge is -2.12. The molecule has 0 aliphatic carbocycles. The highest BCUT2D eigenvalue weighted by molar-refractivity contribution is 6.30. The van der Waals surface area contributed by atoms with Gasteiger partial charge in [-0.05, 0) is 24.1 Å². The molecule has 1 atom stereocenters. The van der Waals surface area contributed by atoms with Crippen molar-refractivity contribution >= 4 is 17.5 Å². The Labute approximate surface area is 126 Å². The molecule has 0 fully saturated rings. The lowest BCUT2D eigenvalue weighted by molar-refractivity contribution is -0.124. The fourth-order valence-corrected chi connectivity index (χ4v) is 2.23. The third-order valence-corrected chi connectivity index (χ3v) is 3.32. The highest BCUT2D eigenvalue weighted by Gasteiger charge is 2.13. The van der Waals surface area contributed by atoms with Gasteiger partial charge in [-0.1, -0.05) is 30.7 Å². The first kappa shape index (κ1) is 15.3. The predicted molar refractivity (Wildman–Crippen MR) is 80.2 cm³/mol. The van der Waals surface area contributed by atoms with Gasteiger partial charge in [0.2, 0.25) is 5.91 Å². The van der Waals surface area contributed by atoms with Gasteiger partial charge in [0.05, 0.1) is 0 Å². The Morgan fingerprint density at radius 2 is 2.29 bits per heavy atom. The zero-order valence-corrected chi connectivity index (χ0v) is 12.4. The number of carbonyl (C=O) groups excluding carboxylic acids is 1. The van der Waals surface area contributed by atoms with Crippen LogP contribution in [0.15, 0.2) is 29.1 Å². The summed E-state index contributed by atoms with van der Waals surface area (Å²) in [4.78, 5) is 25.4. The Bertz CT molecular complexity index is 665. The standard InChI is InChI=1S/C14H17ClN4O2/c1-9(7-10-3-2-4-11(15)8-10)13(20)16-6-5-12-17-14(21)19-18-12/h2-4,8-9H,5-7H2,1H3,(H,16,20)(H2,17,18,19,21). The van der Waals surface area contributed by atoms with Crippen LogP contribution in [0.5, 0.6) is 0 Å². The Balaban J connectivity index is 1.78. The summed E-state index contributed by atoms with van der Waals surface area (Å²) in [5.74, 6) is 0.345. The molecule has 1 heterocycles. The van der Waals surface area contributed by atoms with Gasteiger partial charge in [-0.3, -0.25) is 9.78 Å². The summed E-state index contributed by atoms with van der Waals surface area (Å²) < 4.78 is 0. The van der Waals surface area contributed by atoms with E-state index in [0.29, 0.717) is 30.2 Å². The van der Waals surface area contributed by atoms with E-state index in [1.165, 1.54) is 0 Å². The second-order valence-electron chi connectivity index (χ2n) is 4.90. The van der Waals surface area contributed by atoms with Crippen molar-refractivity contribution in [2.45, 2.75) is 19.8 Å². The number of H-pyrrole nitrogens is 2. The van der Waals surface area contributed by atoms with E-state index >= 15 is 0 Å². The third kappa shape index (κ3) is 4.75. The van der Waals surface area contributed by atoms with Gasteiger partial charge in [0.1, 0.15) is 5.82 Å². The Morgan fingerprint density at radius 3 is 2.95 bits per heavy atom. The molecule has 0 spiro atoms. The lowest BCUT2D eigenvalue weighted by atomic mass is 10.0. The van der Waals surface area contributed by atoms with Gasteiger partial charge >= 0.3 is 5.69 Å². The Hall–Kier alpha value is -2.08. The van der Waals surface area contributed by atoms with Gasteiger partial charge in [0.15, 0.2) is 0 Å². The lowest BCUT2D eigenvalue weighted by Crippen LogP contribution is -2.32. The van der Waals surface area contributed by atoms with Crippen molar-refractivity contribution in [2.24, 2.45) is 5.92 Å². The molecule has 1 aromatic carbocycles. The molecule has 3 N–H and O–H groups in total. The molecule has 1 aromatic heterocycles. The van der Waals surface area contributed by atoms with Gasteiger partial charge < -0.3 is 5.32 Å². The smallest absolute Gasteiger partial charge is 0.340 e. The summed E-state index contributed by atoms with van der Waals surface area (Å²) in [5, 5.41) is 9.55. The topological polar surface area (TPSA) is 90.6 Å². The van der Waals surface area contributed by atoms with Crippen LogP contribution in [0.2, 0.25) is 5.02 Å². The number of carbonyl (C=O) groups is 1. The van der Waals surface area contributed by atoms with Crippen molar-refractivity contribution < 1.29 is 4.79 Å². The van der Waals surface area contributed by atoms with Crippen LogP contribution in [0.4, 0.5) is 0 Å². The van der Waals surface area contributed by atoms with Gasteiger partial charge in [0.25, 0.3) is 0 Å². The van der Waals surface area contributed by atoms with E-state index in [1.54, 1.807) is 6.07 Å². The Kier molecular flexibility index (Phi) is 5.16. The normalized spacial score (nSPS) is 12.1. The van der Waals surface area contributed by atoms with E-state index in [9.17, 15) is 9.59 Å². The zero-order chi connectivity index (χ0) is 15.2. The minimum Gasteiger partial charge on any atom is -0.355 e. The minimum absolute atomic E-state index is 0.0344. The molecular weight excluding hydrogens is 292 g/mol. The van der Waals surface area contributed by atoms with Gasteiger partial charge in [-0.25, -0.2) is 9.89 Å². The first-order valence-electron chi connectivity index (χ1n) is 6.70. The molecular formula is C14H17ClN4O2. The minimum atomic E-state index is -0.342. The molecule has 0 saturated carbocycles. The van der Waals surface area contributed by atoms with Crippen LogP contribution < -0.4 is 11.0 Å². The van der Waals surface area contributed by atoms with Crippen molar-refractivity contribution in [2.75, 3.05) is 6.54 Å². The van der Waals surface area contributed by atoms with Crippen molar-refractivity contribution in [3.05, 3.63) is 51.2 Å². The third-order valence-electron chi connectivity index (χ3n) is 3.09. The fraction of sp³-hybridized carbons (Fsp3) is 0.357. The van der Waals surface area contributed by atoms with Gasteiger partial charge in [-0.2, -0.15) is 5.10 Å². The molecule has 112 valence electrons. The monoisotopic (exact) mass is 308 g/mol. The number of halogens is 1. The molecule has 1 amide bonds. The SMILES string of the molecule is CC(Cc1cccc(Cl)c1)C(=O)NCCc1n[nH]c(=O)[nH]1. The molecule has 2 rings (SSSR count). The van der Waals surface area contributed by atoms with Crippen molar-refractivity contribution in [1.82, 2.24) is 20.5 Å². The molecule has 2 aromatic rings. The fourth-order valence-electron chi connectivity index (χ4n) is 2.01. The maximum absolute atomic E-state index is 12.0. The maximum atomic E-state index is 12.0. The average molecular weight is 309 g/mol. The van der Waals surface area contributed by atoms with E-state index in [2.05, 4.69) is 20.5 Å². The number of aromatic nitrogens is 3. The summed E-state index contributed by atoms with van der Waals surface area (Å²) in [6.07, 6.45) is 1.11. The van der Waals surface area contributed by atoms with Crippen LogP contribution in [0, 0.1) is 5.92 Å². The number of hydrogen-bond donors (Lipinski definition) is 3. The quantitative estimate of drug-likeness (QED) is 0.751. The number of aromatic amines is 2. The van der Waals surface area contributed by atoms with Crippen LogP contribution in [0.3, 0.4) is 0 Å². The van der Waals surface area contributed by atoms with Crippen molar-refractivity contribution in [3.63, 3.8) is 0 Å². The van der Waals surface area contributed by atoms with Gasteiger partial charge in [0, 0.05) is 23.9 Å². The van der Waals surface area contributed by atoms with Crippen LogP contribution in [0.1, 0.15) is 18.3 Å². The summed E-state index contributed by atoms with van der Waals surface area (Å²) in [7, 11) is 0. The Morgan fingerprint density at radius 1 is 1.48 bits per heavy atom. The number of nitrogens with zero attached hydrogens (tertiary/aromatic N) is 1. The summed E-state index contributed by atoms with van der Waals surface area (Å²) in [6, 6.07) is 7.49. The number of hydrogen-bond acceptors (Lipinski definition) is 3. The number of nitrogens with one attached hydrogen (secondary N) is 3. The van der Waals surface area contributed by atoms with E-state index < -0.39 is 0 Å². The predicted octanol–water partition coefficient (Wildman–Crippen LogP) is 1.29. The van der Waals surface area contributed by atoms with Crippen molar-refractivity contribution in [3.8, 4) is 0 Å². The summed E-state index contributed by atoms with van der Waals surface area (Å²) >= 11 is 5.92. The summed E-state index contributed by atoms with van der Waals surface area (Å²) in [5.41, 5.74) is 0.687. The molecule has 6 nitrogen and oxygen atoms in total. The highest BCUT2D eigenvalue weighted by Crippen LogP contribution is 2.14. The first-order valence-corrected chi connectivity index (χ1v) is 7.08. The number of benzene rings is 1. The molecule has 21 heavy (non-hydrogen) atoms. The van der Waals surface area contributed by atoms with E-state index in [1.807, 2.05) is 25.1 Å². The van der Waals surface area contributed by atoms with Gasteiger partial charge in [-0.15, -0.1) is 0 Å². The maximum Gasteiger partial charge on any atom is 0.340 e. The van der Waals surface area contributed by atoms with Crippen LogP contribution in [-0.4, -0.2) is 27.6 Å². The molecule has 1 unspecified atom stereocenters. The number of rotatable bonds is 6.